The van der Waals surface area contributed by atoms with Crippen LogP contribution in [-0.4, -0.2) is 17.6 Å². The van der Waals surface area contributed by atoms with E-state index in [-0.39, 0.29) is 17.9 Å². The van der Waals surface area contributed by atoms with Crippen molar-refractivity contribution in [1.29, 1.82) is 0 Å². The van der Waals surface area contributed by atoms with Gasteiger partial charge < -0.3 is 10.4 Å². The third-order valence-corrected chi connectivity index (χ3v) is 3.50. The minimum absolute atomic E-state index is 0.107. The molecule has 0 aliphatic heterocycles. The van der Waals surface area contributed by atoms with Crippen molar-refractivity contribution in [2.75, 3.05) is 6.54 Å². The Bertz CT molecular complexity index is 656. The molecule has 0 saturated heterocycles. The van der Waals surface area contributed by atoms with Gasteiger partial charge in [-0.2, -0.15) is 0 Å². The summed E-state index contributed by atoms with van der Waals surface area (Å²) in [7, 11) is 0. The maximum atomic E-state index is 13.0. The van der Waals surface area contributed by atoms with Gasteiger partial charge in [-0.25, -0.2) is 8.78 Å². The van der Waals surface area contributed by atoms with Crippen molar-refractivity contribution in [2.24, 2.45) is 0 Å². The highest BCUT2D eigenvalue weighted by Gasteiger charge is 2.11. The van der Waals surface area contributed by atoms with Gasteiger partial charge in [-0.05, 0) is 64.9 Å². The normalized spacial score (nSPS) is 10.4. The molecule has 0 spiro atoms. The molecular formula is C15H12F2INO2. The van der Waals surface area contributed by atoms with E-state index in [0.717, 1.165) is 9.64 Å². The third kappa shape index (κ3) is 4.38. The molecule has 0 aromatic heterocycles. The van der Waals surface area contributed by atoms with Crippen LogP contribution in [-0.2, 0) is 6.42 Å². The molecule has 0 fully saturated rings. The minimum atomic E-state index is -0.647. The summed E-state index contributed by atoms with van der Waals surface area (Å²) in [5.41, 5.74) is 0.631. The predicted octanol–water partition coefficient (Wildman–Crippen LogP) is 3.25. The van der Waals surface area contributed by atoms with Gasteiger partial charge in [-0.15, -0.1) is 0 Å². The van der Waals surface area contributed by atoms with Crippen LogP contribution in [0.5, 0.6) is 5.75 Å². The summed E-state index contributed by atoms with van der Waals surface area (Å²) in [6.07, 6.45) is 0.297. The second-order valence-electron chi connectivity index (χ2n) is 4.45. The first-order valence-corrected chi connectivity index (χ1v) is 7.25. The van der Waals surface area contributed by atoms with Gasteiger partial charge in [-0.3, -0.25) is 4.79 Å². The van der Waals surface area contributed by atoms with Crippen molar-refractivity contribution in [3.63, 3.8) is 0 Å². The molecule has 6 heteroatoms. The number of nitrogens with one attached hydrogen (secondary N) is 1. The molecule has 0 unspecified atom stereocenters. The maximum Gasteiger partial charge on any atom is 0.255 e. The van der Waals surface area contributed by atoms with Gasteiger partial charge in [0, 0.05) is 16.2 Å². The molecule has 2 aromatic carbocycles. The number of rotatable bonds is 4. The van der Waals surface area contributed by atoms with Crippen LogP contribution in [0.1, 0.15) is 15.9 Å². The molecule has 110 valence electrons. The van der Waals surface area contributed by atoms with Crippen molar-refractivity contribution in [3.05, 3.63) is 62.7 Å². The summed E-state index contributed by atoms with van der Waals surface area (Å²) < 4.78 is 26.9. The van der Waals surface area contributed by atoms with Crippen LogP contribution < -0.4 is 5.32 Å². The fraction of sp³-hybridized carbons (Fsp3) is 0.133. The molecule has 0 aliphatic carbocycles. The van der Waals surface area contributed by atoms with Crippen LogP contribution in [0.3, 0.4) is 0 Å². The molecule has 2 rings (SSSR count). The Kier molecular flexibility index (Phi) is 5.11. The minimum Gasteiger partial charge on any atom is -0.507 e. The second-order valence-corrected chi connectivity index (χ2v) is 5.69. The van der Waals surface area contributed by atoms with Crippen molar-refractivity contribution in [3.8, 4) is 5.75 Å². The summed E-state index contributed by atoms with van der Waals surface area (Å²) in [5, 5.41) is 12.2. The van der Waals surface area contributed by atoms with Crippen LogP contribution >= 0.6 is 22.6 Å². The molecule has 21 heavy (non-hydrogen) atoms. The third-order valence-electron chi connectivity index (χ3n) is 2.82. The highest BCUT2D eigenvalue weighted by Crippen LogP contribution is 2.19. The quantitative estimate of drug-likeness (QED) is 0.771. The van der Waals surface area contributed by atoms with E-state index in [1.54, 1.807) is 12.1 Å². The molecule has 2 aromatic rings. The van der Waals surface area contributed by atoms with Crippen LogP contribution in [0.15, 0.2) is 36.4 Å². The lowest BCUT2D eigenvalue weighted by molar-refractivity contribution is 0.0951. The monoisotopic (exact) mass is 403 g/mol. The first-order chi connectivity index (χ1) is 9.95. The molecule has 1 amide bonds. The summed E-state index contributed by atoms with van der Waals surface area (Å²) >= 11 is 2.04. The average Bonchev–Trinajstić information content (AvgIpc) is 2.40. The zero-order valence-corrected chi connectivity index (χ0v) is 13.0. The standard InChI is InChI=1S/C15H12F2INO2/c16-10-5-9(6-11(17)7-10)3-4-19-15(21)13-8-12(18)1-2-14(13)20/h1-2,5-8,20H,3-4H2,(H,19,21). The Labute approximate surface area is 134 Å². The van der Waals surface area contributed by atoms with Crippen LogP contribution in [0.4, 0.5) is 8.78 Å². The Morgan fingerprint density at radius 2 is 1.81 bits per heavy atom. The summed E-state index contributed by atoms with van der Waals surface area (Å²) in [6, 6.07) is 7.93. The second kappa shape index (κ2) is 6.84. The smallest absolute Gasteiger partial charge is 0.255 e. The summed E-state index contributed by atoms with van der Waals surface area (Å²) in [4.78, 5) is 11.9. The number of benzene rings is 2. The zero-order chi connectivity index (χ0) is 15.4. The van der Waals surface area contributed by atoms with E-state index in [4.69, 9.17) is 0 Å². The molecule has 0 atom stereocenters. The van der Waals surface area contributed by atoms with Crippen molar-refractivity contribution in [2.45, 2.75) is 6.42 Å². The molecule has 0 heterocycles. The van der Waals surface area contributed by atoms with Gasteiger partial charge in [0.25, 0.3) is 5.91 Å². The van der Waals surface area contributed by atoms with E-state index < -0.39 is 17.5 Å². The topological polar surface area (TPSA) is 49.3 Å². The summed E-state index contributed by atoms with van der Waals surface area (Å²) in [5.74, 6) is -1.83. The molecular weight excluding hydrogens is 391 g/mol. The largest absolute Gasteiger partial charge is 0.507 e. The predicted molar refractivity (Wildman–Crippen MR) is 83.2 cm³/mol. The fourth-order valence-electron chi connectivity index (χ4n) is 1.86. The van der Waals surface area contributed by atoms with E-state index in [0.29, 0.717) is 12.0 Å². The SMILES string of the molecule is O=C(NCCc1cc(F)cc(F)c1)c1cc(I)ccc1O. The summed E-state index contributed by atoms with van der Waals surface area (Å²) in [6.45, 7) is 0.215. The van der Waals surface area contributed by atoms with E-state index in [9.17, 15) is 18.7 Å². The van der Waals surface area contributed by atoms with Crippen LogP contribution in [0, 0.1) is 15.2 Å². The first kappa shape index (κ1) is 15.7. The number of phenolic OH excluding ortho intramolecular Hbond substituents is 1. The van der Waals surface area contributed by atoms with Gasteiger partial charge in [0.2, 0.25) is 0 Å². The Morgan fingerprint density at radius 1 is 1.14 bits per heavy atom. The Morgan fingerprint density at radius 3 is 2.48 bits per heavy atom. The molecule has 0 radical (unpaired) electrons. The number of carbonyl (C=O) groups excluding carboxylic acids is 1. The average molecular weight is 403 g/mol. The van der Waals surface area contributed by atoms with Crippen molar-refractivity contribution < 1.29 is 18.7 Å². The van der Waals surface area contributed by atoms with E-state index in [2.05, 4.69) is 5.32 Å². The lowest BCUT2D eigenvalue weighted by atomic mass is 10.1. The highest BCUT2D eigenvalue weighted by molar-refractivity contribution is 14.1. The van der Waals surface area contributed by atoms with Gasteiger partial charge in [-0.1, -0.05) is 0 Å². The highest BCUT2D eigenvalue weighted by atomic mass is 127. The maximum absolute atomic E-state index is 13.0. The molecule has 0 aliphatic rings. The lowest BCUT2D eigenvalue weighted by Crippen LogP contribution is -2.25. The number of hydrogen-bond acceptors (Lipinski definition) is 2. The number of hydrogen-bond donors (Lipinski definition) is 2. The number of phenols is 1. The molecule has 0 bridgehead atoms. The van der Waals surface area contributed by atoms with Crippen molar-refractivity contribution in [1.82, 2.24) is 5.32 Å². The van der Waals surface area contributed by atoms with Crippen molar-refractivity contribution >= 4 is 28.5 Å². The Hall–Kier alpha value is -1.70. The van der Waals surface area contributed by atoms with Gasteiger partial charge >= 0.3 is 0 Å². The molecule has 3 nitrogen and oxygen atoms in total. The number of aromatic hydroxyl groups is 1. The number of amides is 1. The van der Waals surface area contributed by atoms with Crippen LogP contribution in [0.25, 0.3) is 0 Å². The van der Waals surface area contributed by atoms with Gasteiger partial charge in [0.05, 0.1) is 5.56 Å². The molecule has 2 N–H and O–H groups in total. The number of halogens is 3. The van der Waals surface area contributed by atoms with Crippen LogP contribution in [0.2, 0.25) is 0 Å². The van der Waals surface area contributed by atoms with E-state index >= 15 is 0 Å². The van der Waals surface area contributed by atoms with Gasteiger partial charge in [0.15, 0.2) is 0 Å². The number of carbonyl (C=O) groups is 1. The Balaban J connectivity index is 1.96. The van der Waals surface area contributed by atoms with E-state index in [1.165, 1.54) is 18.2 Å². The van der Waals surface area contributed by atoms with Gasteiger partial charge in [0.1, 0.15) is 17.4 Å². The fourth-order valence-corrected chi connectivity index (χ4v) is 2.35. The zero-order valence-electron chi connectivity index (χ0n) is 10.9. The lowest BCUT2D eigenvalue weighted by Gasteiger charge is -2.07. The first-order valence-electron chi connectivity index (χ1n) is 6.17. The molecule has 0 saturated carbocycles. The van der Waals surface area contributed by atoms with E-state index in [1.807, 2.05) is 22.6 Å².